The molecule has 1 nitrogen and oxygen atoms in total. The number of nitrogens with zero attached hydrogens (tertiary/aromatic N) is 1. The Morgan fingerprint density at radius 2 is 1.60 bits per heavy atom. The standard InChI is InChI=1S/C6H10F3N/c1-10(2)5(3-4-5)6(7,8)9/h3-4H2,1-2H3. The van der Waals surface area contributed by atoms with Gasteiger partial charge in [0.25, 0.3) is 0 Å². The normalized spacial score (nSPS) is 23.4. The number of halogens is 3. The van der Waals surface area contributed by atoms with Crippen molar-refractivity contribution in [2.45, 2.75) is 24.6 Å². The smallest absolute Gasteiger partial charge is 0.296 e. The van der Waals surface area contributed by atoms with E-state index >= 15 is 0 Å². The van der Waals surface area contributed by atoms with Crippen LogP contribution in [-0.4, -0.2) is 30.7 Å². The molecule has 0 unspecified atom stereocenters. The van der Waals surface area contributed by atoms with E-state index in [9.17, 15) is 13.2 Å². The van der Waals surface area contributed by atoms with Crippen LogP contribution in [0, 0.1) is 0 Å². The van der Waals surface area contributed by atoms with Crippen molar-refractivity contribution in [2.75, 3.05) is 14.1 Å². The van der Waals surface area contributed by atoms with Crippen molar-refractivity contribution in [1.29, 1.82) is 0 Å². The van der Waals surface area contributed by atoms with Crippen molar-refractivity contribution >= 4 is 0 Å². The zero-order valence-corrected chi connectivity index (χ0v) is 6.00. The van der Waals surface area contributed by atoms with E-state index < -0.39 is 11.7 Å². The van der Waals surface area contributed by atoms with Gasteiger partial charge in [-0.3, -0.25) is 4.90 Å². The molecule has 1 fully saturated rings. The molecule has 60 valence electrons. The fourth-order valence-electron chi connectivity index (χ4n) is 1.10. The zero-order valence-electron chi connectivity index (χ0n) is 6.00. The van der Waals surface area contributed by atoms with Gasteiger partial charge < -0.3 is 0 Å². The molecule has 1 saturated carbocycles. The summed E-state index contributed by atoms with van der Waals surface area (Å²) >= 11 is 0. The van der Waals surface area contributed by atoms with E-state index in [1.165, 1.54) is 19.0 Å². The highest BCUT2D eigenvalue weighted by atomic mass is 19.4. The van der Waals surface area contributed by atoms with Crippen molar-refractivity contribution in [3.8, 4) is 0 Å². The van der Waals surface area contributed by atoms with E-state index in [0.717, 1.165) is 0 Å². The van der Waals surface area contributed by atoms with Crippen LogP contribution in [0.15, 0.2) is 0 Å². The molecule has 0 atom stereocenters. The minimum absolute atomic E-state index is 0.253. The summed E-state index contributed by atoms with van der Waals surface area (Å²) in [6.45, 7) is 0. The van der Waals surface area contributed by atoms with E-state index in [1.54, 1.807) is 0 Å². The molecule has 1 aliphatic carbocycles. The van der Waals surface area contributed by atoms with Gasteiger partial charge in [-0.25, -0.2) is 0 Å². The Morgan fingerprint density at radius 1 is 1.20 bits per heavy atom. The van der Waals surface area contributed by atoms with Crippen LogP contribution in [-0.2, 0) is 0 Å². The van der Waals surface area contributed by atoms with Crippen LogP contribution in [0.2, 0.25) is 0 Å². The summed E-state index contributed by atoms with van der Waals surface area (Å²) in [5.74, 6) is 0. The van der Waals surface area contributed by atoms with E-state index in [4.69, 9.17) is 0 Å². The minimum Gasteiger partial charge on any atom is -0.296 e. The first-order chi connectivity index (χ1) is 4.40. The molecule has 10 heavy (non-hydrogen) atoms. The van der Waals surface area contributed by atoms with Crippen LogP contribution < -0.4 is 0 Å². The highest BCUT2D eigenvalue weighted by molar-refractivity contribution is 5.07. The highest BCUT2D eigenvalue weighted by Gasteiger charge is 2.64. The third kappa shape index (κ3) is 0.905. The second-order valence-corrected chi connectivity index (χ2v) is 2.92. The molecule has 1 rings (SSSR count). The summed E-state index contributed by atoms with van der Waals surface area (Å²) < 4.78 is 36.3. The van der Waals surface area contributed by atoms with Gasteiger partial charge in [0.05, 0.1) is 0 Å². The van der Waals surface area contributed by atoms with Gasteiger partial charge in [-0.1, -0.05) is 0 Å². The summed E-state index contributed by atoms with van der Waals surface area (Å²) in [5, 5.41) is 0. The van der Waals surface area contributed by atoms with Crippen molar-refractivity contribution in [1.82, 2.24) is 4.90 Å². The Balaban J connectivity index is 2.70. The summed E-state index contributed by atoms with van der Waals surface area (Å²) in [6.07, 6.45) is -3.54. The maximum atomic E-state index is 12.1. The summed E-state index contributed by atoms with van der Waals surface area (Å²) in [7, 11) is 2.95. The number of hydrogen-bond acceptors (Lipinski definition) is 1. The molecule has 0 saturated heterocycles. The first-order valence-corrected chi connectivity index (χ1v) is 3.14. The molecular weight excluding hydrogens is 143 g/mol. The van der Waals surface area contributed by atoms with E-state index in [1.807, 2.05) is 0 Å². The Bertz CT molecular complexity index is 134. The number of rotatable bonds is 1. The third-order valence-electron chi connectivity index (χ3n) is 2.11. The first kappa shape index (κ1) is 7.85. The maximum Gasteiger partial charge on any atom is 0.406 e. The minimum atomic E-state index is -4.05. The molecule has 0 aromatic heterocycles. The first-order valence-electron chi connectivity index (χ1n) is 3.14. The average Bonchev–Trinajstić information content (AvgIpc) is 2.36. The van der Waals surface area contributed by atoms with Gasteiger partial charge in [0.15, 0.2) is 0 Å². The van der Waals surface area contributed by atoms with Crippen LogP contribution in [0.1, 0.15) is 12.8 Å². The average molecular weight is 153 g/mol. The monoisotopic (exact) mass is 153 g/mol. The molecule has 0 heterocycles. The van der Waals surface area contributed by atoms with Crippen LogP contribution in [0.3, 0.4) is 0 Å². The largest absolute Gasteiger partial charge is 0.406 e. The maximum absolute atomic E-state index is 12.1. The molecule has 0 radical (unpaired) electrons. The SMILES string of the molecule is CN(C)C1(C(F)(F)F)CC1. The Hall–Kier alpha value is -0.250. The van der Waals surface area contributed by atoms with E-state index in [0.29, 0.717) is 0 Å². The van der Waals surface area contributed by atoms with Crippen molar-refractivity contribution in [3.05, 3.63) is 0 Å². The van der Waals surface area contributed by atoms with Crippen molar-refractivity contribution in [2.24, 2.45) is 0 Å². The quantitative estimate of drug-likeness (QED) is 0.553. The second-order valence-electron chi connectivity index (χ2n) is 2.92. The van der Waals surface area contributed by atoms with Gasteiger partial charge >= 0.3 is 6.18 Å². The van der Waals surface area contributed by atoms with Crippen LogP contribution in [0.25, 0.3) is 0 Å². The van der Waals surface area contributed by atoms with Crippen LogP contribution in [0.4, 0.5) is 13.2 Å². The Labute approximate surface area is 57.8 Å². The second kappa shape index (κ2) is 1.87. The topological polar surface area (TPSA) is 3.24 Å². The molecule has 0 aromatic carbocycles. The molecule has 0 N–H and O–H groups in total. The molecule has 0 bridgehead atoms. The lowest BCUT2D eigenvalue weighted by Crippen LogP contribution is -2.43. The van der Waals surface area contributed by atoms with Gasteiger partial charge in [0, 0.05) is 0 Å². The van der Waals surface area contributed by atoms with Crippen molar-refractivity contribution in [3.63, 3.8) is 0 Å². The van der Waals surface area contributed by atoms with Crippen molar-refractivity contribution < 1.29 is 13.2 Å². The third-order valence-corrected chi connectivity index (χ3v) is 2.11. The fourth-order valence-corrected chi connectivity index (χ4v) is 1.10. The zero-order chi connectivity index (χ0) is 7.99. The molecule has 0 amide bonds. The lowest BCUT2D eigenvalue weighted by atomic mass is 10.2. The molecular formula is C6H10F3N. The lowest BCUT2D eigenvalue weighted by molar-refractivity contribution is -0.189. The molecule has 4 heteroatoms. The summed E-state index contributed by atoms with van der Waals surface area (Å²) in [6, 6.07) is 0. The number of alkyl halides is 3. The predicted molar refractivity (Wildman–Crippen MR) is 31.7 cm³/mol. The fraction of sp³-hybridized carbons (Fsp3) is 1.00. The van der Waals surface area contributed by atoms with Gasteiger partial charge in [0.1, 0.15) is 5.54 Å². The molecule has 1 aliphatic rings. The van der Waals surface area contributed by atoms with Crippen LogP contribution in [0.5, 0.6) is 0 Å². The van der Waals surface area contributed by atoms with E-state index in [2.05, 4.69) is 0 Å². The van der Waals surface area contributed by atoms with Gasteiger partial charge in [0.2, 0.25) is 0 Å². The Kier molecular flexibility index (Phi) is 1.47. The van der Waals surface area contributed by atoms with Gasteiger partial charge in [-0.2, -0.15) is 13.2 Å². The summed E-state index contributed by atoms with van der Waals surface area (Å²) in [5.41, 5.74) is -1.48. The predicted octanol–water partition coefficient (Wildman–Crippen LogP) is 1.64. The van der Waals surface area contributed by atoms with Crippen LogP contribution >= 0.6 is 0 Å². The lowest BCUT2D eigenvalue weighted by Gasteiger charge is -2.25. The van der Waals surface area contributed by atoms with Gasteiger partial charge in [-0.05, 0) is 26.9 Å². The van der Waals surface area contributed by atoms with Gasteiger partial charge in [-0.15, -0.1) is 0 Å². The van der Waals surface area contributed by atoms with E-state index in [-0.39, 0.29) is 12.8 Å². The summed E-state index contributed by atoms with van der Waals surface area (Å²) in [4.78, 5) is 1.26. The molecule has 0 spiro atoms. The molecule has 0 aromatic rings. The number of hydrogen-bond donors (Lipinski definition) is 0. The Morgan fingerprint density at radius 3 is 1.60 bits per heavy atom. The molecule has 0 aliphatic heterocycles. The highest BCUT2D eigenvalue weighted by Crippen LogP contribution is 2.52.